The fourth-order valence-electron chi connectivity index (χ4n) is 3.56. The summed E-state index contributed by atoms with van der Waals surface area (Å²) in [5, 5.41) is 0. The topological polar surface area (TPSA) is 45.7 Å². The van der Waals surface area contributed by atoms with Gasteiger partial charge in [-0.3, -0.25) is 9.88 Å². The number of unbranched alkanes of at least 4 members (excludes halogenated alkanes) is 3. The van der Waals surface area contributed by atoms with Crippen LogP contribution in [-0.4, -0.2) is 41.7 Å². The normalized spacial score (nSPS) is 16.9. The number of amides is 2. The summed E-state index contributed by atoms with van der Waals surface area (Å²) in [7, 11) is 0. The first kappa shape index (κ1) is 21.9. The van der Waals surface area contributed by atoms with Gasteiger partial charge in [0.05, 0.1) is 18.2 Å². The van der Waals surface area contributed by atoms with E-state index >= 15 is 0 Å². The number of nitrogens with zero attached hydrogens (tertiary/aromatic N) is 3. The third-order valence-corrected chi connectivity index (χ3v) is 5.12. The van der Waals surface area contributed by atoms with Gasteiger partial charge >= 0.3 is 12.2 Å². The summed E-state index contributed by atoms with van der Waals surface area (Å²) in [4.78, 5) is 20.3. The van der Waals surface area contributed by atoms with Gasteiger partial charge in [-0.15, -0.1) is 0 Å². The van der Waals surface area contributed by atoms with Crippen molar-refractivity contribution in [2.24, 2.45) is 0 Å². The zero-order valence-electron chi connectivity index (χ0n) is 16.9. The van der Waals surface area contributed by atoms with Crippen LogP contribution in [-0.2, 0) is 6.18 Å². The number of aromatic nitrogens is 1. The highest BCUT2D eigenvalue weighted by atomic mass is 19.4. The summed E-state index contributed by atoms with van der Waals surface area (Å²) in [6.07, 6.45) is 2.66. The van der Waals surface area contributed by atoms with Crippen molar-refractivity contribution >= 4 is 11.7 Å². The van der Waals surface area contributed by atoms with E-state index in [1.54, 1.807) is 17.3 Å². The minimum atomic E-state index is -4.33. The Morgan fingerprint density at radius 1 is 1.03 bits per heavy atom. The maximum absolute atomic E-state index is 12.7. The van der Waals surface area contributed by atoms with Crippen LogP contribution in [0.25, 0.3) is 0 Å². The molecule has 1 aromatic heterocycles. The highest BCUT2D eigenvalue weighted by Crippen LogP contribution is 2.30. The average Bonchev–Trinajstić information content (AvgIpc) is 3.01. The number of benzene rings is 1. The fourth-order valence-corrected chi connectivity index (χ4v) is 3.56. The molecule has 1 saturated heterocycles. The Labute approximate surface area is 174 Å². The first-order valence-corrected chi connectivity index (χ1v) is 10.1. The number of anilines is 1. The number of rotatable bonds is 9. The second-order valence-electron chi connectivity index (χ2n) is 7.44. The maximum atomic E-state index is 12.7. The third kappa shape index (κ3) is 5.64. The van der Waals surface area contributed by atoms with Gasteiger partial charge in [0.2, 0.25) is 0 Å². The molecule has 3 rings (SSSR count). The van der Waals surface area contributed by atoms with Crippen LogP contribution < -0.4 is 9.64 Å². The lowest BCUT2D eigenvalue weighted by atomic mass is 10.2. The Hall–Kier alpha value is -2.77. The van der Waals surface area contributed by atoms with E-state index in [0.29, 0.717) is 25.4 Å². The monoisotopic (exact) mass is 421 g/mol. The molecule has 5 nitrogen and oxygen atoms in total. The number of alkyl halides is 3. The van der Waals surface area contributed by atoms with Crippen molar-refractivity contribution in [3.8, 4) is 5.75 Å². The van der Waals surface area contributed by atoms with Gasteiger partial charge in [0.1, 0.15) is 5.75 Å². The standard InChI is InChI=1S/C22H26F3N3O2/c1-17-16-27(21(29)28(17)19-10-12-26-13-11-19)14-4-2-3-5-15-30-20-8-6-18(7-9-20)22(23,24)25/h6-13,17H,2-5,14-16H2,1H3. The number of urea groups is 1. The smallest absolute Gasteiger partial charge is 0.416 e. The molecule has 30 heavy (non-hydrogen) atoms. The molecule has 0 radical (unpaired) electrons. The lowest BCUT2D eigenvalue weighted by molar-refractivity contribution is -0.137. The Balaban J connectivity index is 1.32. The molecule has 2 amide bonds. The minimum Gasteiger partial charge on any atom is -0.494 e. The summed E-state index contributed by atoms with van der Waals surface area (Å²) in [5.41, 5.74) is 0.188. The Morgan fingerprint density at radius 2 is 1.70 bits per heavy atom. The first-order chi connectivity index (χ1) is 14.4. The molecule has 0 N–H and O–H groups in total. The van der Waals surface area contributed by atoms with E-state index in [4.69, 9.17) is 4.74 Å². The predicted molar refractivity (Wildman–Crippen MR) is 109 cm³/mol. The van der Waals surface area contributed by atoms with Gasteiger partial charge in [-0.25, -0.2) is 4.79 Å². The molecule has 1 aromatic carbocycles. The molecule has 0 aliphatic carbocycles. The highest BCUT2D eigenvalue weighted by Gasteiger charge is 2.35. The molecule has 1 atom stereocenters. The van der Waals surface area contributed by atoms with Crippen molar-refractivity contribution in [3.05, 3.63) is 54.4 Å². The SMILES string of the molecule is CC1CN(CCCCCCOc2ccc(C(F)(F)F)cc2)C(=O)N1c1ccncc1. The van der Waals surface area contributed by atoms with Crippen molar-refractivity contribution in [1.29, 1.82) is 0 Å². The van der Waals surface area contributed by atoms with E-state index in [0.717, 1.165) is 43.5 Å². The summed E-state index contributed by atoms with van der Waals surface area (Å²) in [6, 6.07) is 8.58. The molecule has 2 heterocycles. The van der Waals surface area contributed by atoms with Crippen LogP contribution >= 0.6 is 0 Å². The molecule has 0 saturated carbocycles. The number of carbonyl (C=O) groups is 1. The number of pyridine rings is 1. The average molecular weight is 421 g/mol. The van der Waals surface area contributed by atoms with Gasteiger partial charge in [0, 0.05) is 31.2 Å². The molecule has 0 bridgehead atoms. The molecule has 1 aliphatic rings. The molecule has 2 aromatic rings. The quantitative estimate of drug-likeness (QED) is 0.512. The number of carbonyl (C=O) groups excluding carboxylic acids is 1. The van der Waals surface area contributed by atoms with Crippen molar-refractivity contribution in [2.45, 2.75) is 44.8 Å². The van der Waals surface area contributed by atoms with Crippen LogP contribution in [0, 0.1) is 0 Å². The summed E-state index contributed by atoms with van der Waals surface area (Å²) in [6.45, 7) is 3.92. The second-order valence-corrected chi connectivity index (χ2v) is 7.44. The lowest BCUT2D eigenvalue weighted by Crippen LogP contribution is -2.34. The number of hydrogen-bond donors (Lipinski definition) is 0. The van der Waals surface area contributed by atoms with Crippen LogP contribution in [0.5, 0.6) is 5.75 Å². The lowest BCUT2D eigenvalue weighted by Gasteiger charge is -2.20. The van der Waals surface area contributed by atoms with Crippen LogP contribution in [0.15, 0.2) is 48.8 Å². The van der Waals surface area contributed by atoms with Crippen molar-refractivity contribution in [3.63, 3.8) is 0 Å². The van der Waals surface area contributed by atoms with Crippen molar-refractivity contribution < 1.29 is 22.7 Å². The highest BCUT2D eigenvalue weighted by molar-refractivity contribution is 5.94. The summed E-state index contributed by atoms with van der Waals surface area (Å²) < 4.78 is 43.1. The third-order valence-electron chi connectivity index (χ3n) is 5.12. The molecule has 1 aliphatic heterocycles. The van der Waals surface area contributed by atoms with E-state index in [-0.39, 0.29) is 12.1 Å². The zero-order valence-corrected chi connectivity index (χ0v) is 16.9. The molecule has 0 spiro atoms. The van der Waals surface area contributed by atoms with Crippen molar-refractivity contribution in [1.82, 2.24) is 9.88 Å². The molecule has 8 heteroatoms. The van der Waals surface area contributed by atoms with Crippen molar-refractivity contribution in [2.75, 3.05) is 24.6 Å². The van der Waals surface area contributed by atoms with E-state index < -0.39 is 11.7 Å². The predicted octanol–water partition coefficient (Wildman–Crippen LogP) is 5.37. The molecule has 1 unspecified atom stereocenters. The van der Waals surface area contributed by atoms with Gasteiger partial charge in [-0.2, -0.15) is 13.2 Å². The van der Waals surface area contributed by atoms with E-state index in [9.17, 15) is 18.0 Å². The molecule has 162 valence electrons. The first-order valence-electron chi connectivity index (χ1n) is 10.1. The van der Waals surface area contributed by atoms with Crippen LogP contribution in [0.2, 0.25) is 0 Å². The van der Waals surface area contributed by atoms with Gasteiger partial charge in [0.25, 0.3) is 0 Å². The van der Waals surface area contributed by atoms with Crippen LogP contribution in [0.4, 0.5) is 23.7 Å². The molecular formula is C22H26F3N3O2. The van der Waals surface area contributed by atoms with E-state index in [1.165, 1.54) is 12.1 Å². The summed E-state index contributed by atoms with van der Waals surface area (Å²) in [5.74, 6) is 0.441. The number of halogens is 3. The molecular weight excluding hydrogens is 395 g/mol. The minimum absolute atomic E-state index is 0.0272. The van der Waals surface area contributed by atoms with E-state index in [1.807, 2.05) is 24.0 Å². The molecule has 1 fully saturated rings. The van der Waals surface area contributed by atoms with Gasteiger partial charge in [-0.05, 0) is 56.2 Å². The Bertz CT molecular complexity index is 813. The Kier molecular flexibility index (Phi) is 7.18. The van der Waals surface area contributed by atoms with Gasteiger partial charge in [0.15, 0.2) is 0 Å². The second kappa shape index (κ2) is 9.82. The Morgan fingerprint density at radius 3 is 2.37 bits per heavy atom. The van der Waals surface area contributed by atoms with Crippen LogP contribution in [0.1, 0.15) is 38.2 Å². The zero-order chi connectivity index (χ0) is 21.6. The van der Waals surface area contributed by atoms with Crippen LogP contribution in [0.3, 0.4) is 0 Å². The van der Waals surface area contributed by atoms with Gasteiger partial charge < -0.3 is 9.64 Å². The fraction of sp³-hybridized carbons (Fsp3) is 0.455. The number of hydrogen-bond acceptors (Lipinski definition) is 3. The summed E-state index contributed by atoms with van der Waals surface area (Å²) >= 11 is 0. The van der Waals surface area contributed by atoms with E-state index in [2.05, 4.69) is 4.98 Å². The number of ether oxygens (including phenoxy) is 1. The maximum Gasteiger partial charge on any atom is 0.416 e. The largest absolute Gasteiger partial charge is 0.494 e. The van der Waals surface area contributed by atoms with Gasteiger partial charge in [-0.1, -0.05) is 12.8 Å².